The number of amides is 1. The molecule has 0 bridgehead atoms. The second kappa shape index (κ2) is 8.36. The van der Waals surface area contributed by atoms with Gasteiger partial charge in [-0.2, -0.15) is 5.10 Å². The zero-order valence-electron chi connectivity index (χ0n) is 13.7. The topological polar surface area (TPSA) is 64.9 Å². The van der Waals surface area contributed by atoms with E-state index in [0.717, 1.165) is 18.8 Å². The number of benzene rings is 2. The maximum Gasteiger partial charge on any atom is 0.271 e. The van der Waals surface area contributed by atoms with Gasteiger partial charge in [0.2, 0.25) is 0 Å². The summed E-state index contributed by atoms with van der Waals surface area (Å²) in [4.78, 5) is 14.0. The van der Waals surface area contributed by atoms with Gasteiger partial charge < -0.3 is 10.0 Å². The van der Waals surface area contributed by atoms with Crippen LogP contribution < -0.4 is 10.3 Å². The zero-order chi connectivity index (χ0) is 17.5. The Morgan fingerprint density at radius 3 is 2.46 bits per heavy atom. The molecule has 2 aromatic carbocycles. The lowest BCUT2D eigenvalue weighted by molar-refractivity contribution is 0.0955. The number of hydrazone groups is 1. The summed E-state index contributed by atoms with van der Waals surface area (Å²) in [5.41, 5.74) is 4.35. The zero-order valence-corrected chi connectivity index (χ0v) is 14.4. The van der Waals surface area contributed by atoms with Crippen molar-refractivity contribution in [3.63, 3.8) is 0 Å². The summed E-state index contributed by atoms with van der Waals surface area (Å²) in [6.45, 7) is 5.84. The summed E-state index contributed by atoms with van der Waals surface area (Å²) in [6, 6.07) is 11.9. The first-order chi connectivity index (χ1) is 11.5. The van der Waals surface area contributed by atoms with Crippen LogP contribution in [0, 0.1) is 0 Å². The van der Waals surface area contributed by atoms with Crippen molar-refractivity contribution in [3.05, 3.63) is 58.6 Å². The molecule has 0 radical (unpaired) electrons. The molecular formula is C18H20ClN3O2. The number of anilines is 1. The van der Waals surface area contributed by atoms with E-state index in [1.807, 2.05) is 6.07 Å². The highest BCUT2D eigenvalue weighted by atomic mass is 35.5. The Labute approximate surface area is 146 Å². The van der Waals surface area contributed by atoms with Crippen molar-refractivity contribution in [2.24, 2.45) is 5.10 Å². The van der Waals surface area contributed by atoms with Crippen molar-refractivity contribution in [1.82, 2.24) is 5.43 Å². The number of halogens is 1. The Hall–Kier alpha value is -2.53. The Kier molecular flexibility index (Phi) is 6.21. The molecule has 6 heteroatoms. The van der Waals surface area contributed by atoms with Crippen molar-refractivity contribution >= 4 is 29.4 Å². The summed E-state index contributed by atoms with van der Waals surface area (Å²) in [5.74, 6) is -0.231. The second-order valence-electron chi connectivity index (χ2n) is 5.12. The summed E-state index contributed by atoms with van der Waals surface area (Å²) in [5, 5.41) is 14.5. The summed E-state index contributed by atoms with van der Waals surface area (Å²) in [6.07, 6.45) is 1.41. The molecule has 24 heavy (non-hydrogen) atoms. The number of carbonyl (C=O) groups is 1. The van der Waals surface area contributed by atoms with E-state index in [4.69, 9.17) is 11.6 Å². The van der Waals surface area contributed by atoms with Crippen LogP contribution in [0.25, 0.3) is 0 Å². The van der Waals surface area contributed by atoms with E-state index < -0.39 is 0 Å². The molecule has 1 amide bonds. The highest BCUT2D eigenvalue weighted by Gasteiger charge is 2.06. The van der Waals surface area contributed by atoms with Crippen molar-refractivity contribution < 1.29 is 9.90 Å². The summed E-state index contributed by atoms with van der Waals surface area (Å²) < 4.78 is 0. The quantitative estimate of drug-likeness (QED) is 0.620. The molecule has 0 aliphatic heterocycles. The van der Waals surface area contributed by atoms with Crippen LogP contribution in [0.4, 0.5) is 5.69 Å². The first-order valence-electron chi connectivity index (χ1n) is 7.72. The van der Waals surface area contributed by atoms with Gasteiger partial charge in [0.25, 0.3) is 5.91 Å². The fraction of sp³-hybridized carbons (Fsp3) is 0.222. The average molecular weight is 346 g/mol. The number of carbonyl (C=O) groups excluding carboxylic acids is 1. The molecule has 5 nitrogen and oxygen atoms in total. The van der Waals surface area contributed by atoms with E-state index in [2.05, 4.69) is 29.3 Å². The lowest BCUT2D eigenvalue weighted by Crippen LogP contribution is -2.21. The number of hydrogen-bond donors (Lipinski definition) is 2. The lowest BCUT2D eigenvalue weighted by Gasteiger charge is -2.21. The molecule has 0 aliphatic carbocycles. The standard InChI is InChI=1S/C18H20ClN3O2/c1-3-22(4-2)16-10-7-14(17(23)11-16)12-20-21-18(24)13-5-8-15(19)9-6-13/h5-12,23H,3-4H2,1-2H3,(H,21,24)/b20-12+. The third-order valence-electron chi connectivity index (χ3n) is 3.62. The Balaban J connectivity index is 2.03. The number of aromatic hydroxyl groups is 1. The van der Waals surface area contributed by atoms with Crippen LogP contribution in [0.5, 0.6) is 5.75 Å². The maximum atomic E-state index is 11.9. The van der Waals surface area contributed by atoms with Crippen LogP contribution in [0.3, 0.4) is 0 Å². The molecule has 0 unspecified atom stereocenters. The largest absolute Gasteiger partial charge is 0.507 e. The number of phenolic OH excluding ortho intramolecular Hbond substituents is 1. The van der Waals surface area contributed by atoms with Gasteiger partial charge in [-0.25, -0.2) is 5.43 Å². The Bertz CT molecular complexity index is 726. The van der Waals surface area contributed by atoms with Gasteiger partial charge in [0.1, 0.15) is 5.75 Å². The van der Waals surface area contributed by atoms with Crippen LogP contribution in [0.2, 0.25) is 5.02 Å². The molecule has 2 N–H and O–H groups in total. The molecule has 0 aliphatic rings. The van der Waals surface area contributed by atoms with Gasteiger partial charge in [-0.1, -0.05) is 11.6 Å². The molecular weight excluding hydrogens is 326 g/mol. The number of hydrogen-bond acceptors (Lipinski definition) is 4. The second-order valence-corrected chi connectivity index (χ2v) is 5.56. The van der Waals surface area contributed by atoms with Gasteiger partial charge >= 0.3 is 0 Å². The fourth-order valence-electron chi connectivity index (χ4n) is 2.25. The SMILES string of the molecule is CCN(CC)c1ccc(/C=N/NC(=O)c2ccc(Cl)cc2)c(O)c1. The van der Waals surface area contributed by atoms with E-state index in [1.165, 1.54) is 6.21 Å². The Morgan fingerprint density at radius 2 is 1.88 bits per heavy atom. The molecule has 0 atom stereocenters. The van der Waals surface area contributed by atoms with Gasteiger partial charge in [0, 0.05) is 41.0 Å². The highest BCUT2D eigenvalue weighted by molar-refractivity contribution is 6.30. The van der Waals surface area contributed by atoms with E-state index in [1.54, 1.807) is 36.4 Å². The molecule has 0 fully saturated rings. The maximum absolute atomic E-state index is 11.9. The molecule has 0 saturated carbocycles. The average Bonchev–Trinajstić information content (AvgIpc) is 2.58. The van der Waals surface area contributed by atoms with Crippen molar-refractivity contribution in [3.8, 4) is 5.75 Å². The molecule has 126 valence electrons. The first-order valence-corrected chi connectivity index (χ1v) is 8.09. The van der Waals surface area contributed by atoms with Crippen LogP contribution in [-0.2, 0) is 0 Å². The molecule has 2 rings (SSSR count). The van der Waals surface area contributed by atoms with Gasteiger partial charge in [0.05, 0.1) is 6.21 Å². The minimum Gasteiger partial charge on any atom is -0.507 e. The minimum atomic E-state index is -0.345. The summed E-state index contributed by atoms with van der Waals surface area (Å²) >= 11 is 5.78. The van der Waals surface area contributed by atoms with Crippen molar-refractivity contribution in [1.29, 1.82) is 0 Å². The predicted molar refractivity (Wildman–Crippen MR) is 98.2 cm³/mol. The van der Waals surface area contributed by atoms with Crippen LogP contribution in [-0.4, -0.2) is 30.3 Å². The van der Waals surface area contributed by atoms with E-state index in [9.17, 15) is 9.90 Å². The van der Waals surface area contributed by atoms with E-state index in [0.29, 0.717) is 16.1 Å². The number of nitrogens with one attached hydrogen (secondary N) is 1. The normalized spacial score (nSPS) is 10.8. The number of rotatable bonds is 6. The van der Waals surface area contributed by atoms with E-state index in [-0.39, 0.29) is 11.7 Å². The van der Waals surface area contributed by atoms with Crippen LogP contribution >= 0.6 is 11.6 Å². The predicted octanol–water partition coefficient (Wildman–Crippen LogP) is 3.66. The molecule has 0 saturated heterocycles. The van der Waals surface area contributed by atoms with Gasteiger partial charge in [-0.05, 0) is 50.2 Å². The molecule has 0 heterocycles. The molecule has 2 aromatic rings. The first kappa shape index (κ1) is 17.8. The smallest absolute Gasteiger partial charge is 0.271 e. The number of phenols is 1. The summed E-state index contributed by atoms with van der Waals surface area (Å²) in [7, 11) is 0. The van der Waals surface area contributed by atoms with Gasteiger partial charge in [-0.15, -0.1) is 0 Å². The lowest BCUT2D eigenvalue weighted by atomic mass is 10.2. The number of nitrogens with zero attached hydrogens (tertiary/aromatic N) is 2. The van der Waals surface area contributed by atoms with E-state index >= 15 is 0 Å². The van der Waals surface area contributed by atoms with Crippen molar-refractivity contribution in [2.75, 3.05) is 18.0 Å². The third kappa shape index (κ3) is 4.49. The molecule has 0 spiro atoms. The fourth-order valence-corrected chi connectivity index (χ4v) is 2.38. The third-order valence-corrected chi connectivity index (χ3v) is 3.87. The van der Waals surface area contributed by atoms with Crippen LogP contribution in [0.15, 0.2) is 47.6 Å². The highest BCUT2D eigenvalue weighted by Crippen LogP contribution is 2.23. The van der Waals surface area contributed by atoms with Gasteiger partial charge in [0.15, 0.2) is 0 Å². The Morgan fingerprint density at radius 1 is 1.21 bits per heavy atom. The monoisotopic (exact) mass is 345 g/mol. The van der Waals surface area contributed by atoms with Crippen molar-refractivity contribution in [2.45, 2.75) is 13.8 Å². The van der Waals surface area contributed by atoms with Gasteiger partial charge in [-0.3, -0.25) is 4.79 Å². The van der Waals surface area contributed by atoms with Crippen LogP contribution in [0.1, 0.15) is 29.8 Å². The minimum absolute atomic E-state index is 0.115. The molecule has 0 aromatic heterocycles.